The van der Waals surface area contributed by atoms with Crippen molar-refractivity contribution in [3.05, 3.63) is 84.1 Å². The van der Waals surface area contributed by atoms with Gasteiger partial charge in [0.05, 0.1) is 19.5 Å². The molecule has 0 radical (unpaired) electrons. The molecule has 1 fully saturated rings. The highest BCUT2D eigenvalue weighted by molar-refractivity contribution is 7.99. The number of benzene rings is 2. The van der Waals surface area contributed by atoms with Crippen molar-refractivity contribution in [3.63, 3.8) is 0 Å². The molecule has 0 saturated carbocycles. The molecule has 3 heterocycles. The molecule has 36 heavy (non-hydrogen) atoms. The Morgan fingerprint density at radius 2 is 1.72 bits per heavy atom. The fourth-order valence-electron chi connectivity index (χ4n) is 3.85. The van der Waals surface area contributed by atoms with Crippen molar-refractivity contribution in [3.8, 4) is 12.1 Å². The van der Waals surface area contributed by atoms with Crippen molar-refractivity contribution >= 4 is 29.1 Å². The van der Waals surface area contributed by atoms with E-state index in [1.165, 1.54) is 23.8 Å². The summed E-state index contributed by atoms with van der Waals surface area (Å²) < 4.78 is 7.10. The average molecular weight is 495 g/mol. The number of hydrogen-bond acceptors (Lipinski definition) is 9. The van der Waals surface area contributed by atoms with Crippen LogP contribution in [0.2, 0.25) is 0 Å². The molecule has 1 saturated heterocycles. The Labute approximate surface area is 213 Å². The van der Waals surface area contributed by atoms with Gasteiger partial charge in [0.25, 0.3) is 0 Å². The average Bonchev–Trinajstić information content (AvgIpc) is 3.32. The molecule has 9 nitrogen and oxygen atoms in total. The van der Waals surface area contributed by atoms with Gasteiger partial charge in [-0.15, -0.1) is 0 Å². The molecule has 2 aromatic heterocycles. The van der Waals surface area contributed by atoms with Gasteiger partial charge < -0.3 is 19.5 Å². The number of nitrogens with zero attached hydrogens (tertiary/aromatic N) is 7. The third-order valence-corrected chi connectivity index (χ3v) is 6.62. The van der Waals surface area contributed by atoms with E-state index in [0.29, 0.717) is 12.5 Å². The largest absolute Gasteiger partial charge is 0.378 e. The summed E-state index contributed by atoms with van der Waals surface area (Å²) in [4.78, 5) is 16.3. The Hall–Kier alpha value is -4.38. The third kappa shape index (κ3) is 5.47. The zero-order valence-corrected chi connectivity index (χ0v) is 20.1. The number of hydrogen-bond donors (Lipinski definition) is 1. The summed E-state index contributed by atoms with van der Waals surface area (Å²) in [6, 6.07) is 22.1. The van der Waals surface area contributed by atoms with Gasteiger partial charge in [-0.25, -0.2) is 15.0 Å². The van der Waals surface area contributed by atoms with Gasteiger partial charge in [-0.2, -0.15) is 10.5 Å². The molecule has 1 N–H and O–H groups in total. The van der Waals surface area contributed by atoms with Crippen LogP contribution in [0.15, 0.2) is 77.0 Å². The van der Waals surface area contributed by atoms with E-state index >= 15 is 0 Å². The highest BCUT2D eigenvalue weighted by Crippen LogP contribution is 2.28. The van der Waals surface area contributed by atoms with Gasteiger partial charge in [-0.05, 0) is 48.0 Å². The second kappa shape index (κ2) is 10.9. The van der Waals surface area contributed by atoms with Crippen LogP contribution in [0.1, 0.15) is 17.0 Å². The smallest absolute Gasteiger partial charge is 0.228 e. The maximum Gasteiger partial charge on any atom is 0.228 e. The molecular formula is C26H22N8OS. The Morgan fingerprint density at radius 3 is 2.44 bits per heavy atom. The summed E-state index contributed by atoms with van der Waals surface area (Å²) in [5.74, 6) is 0.535. The molecule has 0 aliphatic carbocycles. The van der Waals surface area contributed by atoms with Crippen molar-refractivity contribution in [2.45, 2.75) is 16.5 Å². The van der Waals surface area contributed by atoms with E-state index < -0.39 is 0 Å². The first-order chi connectivity index (χ1) is 17.7. The van der Waals surface area contributed by atoms with Crippen LogP contribution in [0.5, 0.6) is 0 Å². The van der Waals surface area contributed by atoms with Gasteiger partial charge in [0, 0.05) is 42.1 Å². The lowest BCUT2D eigenvalue weighted by atomic mass is 10.2. The van der Waals surface area contributed by atoms with Crippen LogP contribution in [0.4, 0.5) is 17.3 Å². The molecule has 0 atom stereocenters. The van der Waals surface area contributed by atoms with E-state index in [0.717, 1.165) is 47.5 Å². The number of ether oxygens (including phenoxy) is 1. The van der Waals surface area contributed by atoms with Gasteiger partial charge >= 0.3 is 0 Å². The summed E-state index contributed by atoms with van der Waals surface area (Å²) in [6.45, 7) is 3.80. The number of imidazole rings is 1. The fraction of sp³-hybridized carbons (Fsp3) is 0.192. The molecule has 0 spiro atoms. The van der Waals surface area contributed by atoms with E-state index in [2.05, 4.69) is 37.3 Å². The first kappa shape index (κ1) is 23.4. The van der Waals surface area contributed by atoms with Crippen LogP contribution in [-0.4, -0.2) is 45.8 Å². The Morgan fingerprint density at radius 1 is 0.944 bits per heavy atom. The first-order valence-corrected chi connectivity index (χ1v) is 12.2. The normalized spacial score (nSPS) is 13.1. The number of nitriles is 2. The van der Waals surface area contributed by atoms with Crippen LogP contribution in [0.3, 0.4) is 0 Å². The van der Waals surface area contributed by atoms with Crippen LogP contribution in [-0.2, 0) is 11.3 Å². The van der Waals surface area contributed by atoms with Crippen molar-refractivity contribution in [2.75, 3.05) is 36.5 Å². The van der Waals surface area contributed by atoms with Crippen LogP contribution >= 0.6 is 11.8 Å². The highest BCUT2D eigenvalue weighted by Gasteiger charge is 2.12. The third-order valence-electron chi connectivity index (χ3n) is 5.68. The van der Waals surface area contributed by atoms with Crippen LogP contribution in [0, 0.1) is 22.7 Å². The number of nitrogens with one attached hydrogen (secondary N) is 1. The monoisotopic (exact) mass is 494 g/mol. The number of anilines is 3. The summed E-state index contributed by atoms with van der Waals surface area (Å²) >= 11 is 1.54. The van der Waals surface area contributed by atoms with E-state index in [1.54, 1.807) is 10.8 Å². The van der Waals surface area contributed by atoms with Gasteiger partial charge in [0.1, 0.15) is 17.2 Å². The van der Waals surface area contributed by atoms with E-state index in [4.69, 9.17) is 10.00 Å². The molecule has 178 valence electrons. The molecule has 1 aliphatic heterocycles. The minimum absolute atomic E-state index is 0.144. The highest BCUT2D eigenvalue weighted by atomic mass is 32.2. The van der Waals surface area contributed by atoms with E-state index in [1.807, 2.05) is 54.6 Å². The molecule has 0 unspecified atom stereocenters. The van der Waals surface area contributed by atoms with Crippen LogP contribution < -0.4 is 10.2 Å². The summed E-state index contributed by atoms with van der Waals surface area (Å²) in [5, 5.41) is 22.5. The predicted octanol–water partition coefficient (Wildman–Crippen LogP) is 4.20. The van der Waals surface area contributed by atoms with Gasteiger partial charge in [-0.1, -0.05) is 23.9 Å². The van der Waals surface area contributed by atoms with Crippen molar-refractivity contribution in [1.82, 2.24) is 19.5 Å². The second-order valence-corrected chi connectivity index (χ2v) is 9.12. The van der Waals surface area contributed by atoms with E-state index in [9.17, 15) is 5.26 Å². The SMILES string of the molecule is N#Cc1ncn(Cc2ccc(Sc3ccnc(Nc4ccc(N5CCOCC5)cc4)n3)cc2)c1C#N. The maximum atomic E-state index is 9.30. The Bertz CT molecular complexity index is 1410. The predicted molar refractivity (Wildman–Crippen MR) is 136 cm³/mol. The topological polar surface area (TPSA) is 116 Å². The molecule has 10 heteroatoms. The lowest BCUT2D eigenvalue weighted by Gasteiger charge is -2.28. The molecule has 5 rings (SSSR count). The lowest BCUT2D eigenvalue weighted by molar-refractivity contribution is 0.122. The quantitative estimate of drug-likeness (QED) is 0.377. The van der Waals surface area contributed by atoms with Gasteiger partial charge in [0.15, 0.2) is 11.4 Å². The summed E-state index contributed by atoms with van der Waals surface area (Å²) in [7, 11) is 0. The molecule has 4 aromatic rings. The van der Waals surface area contributed by atoms with Crippen LogP contribution in [0.25, 0.3) is 0 Å². The van der Waals surface area contributed by atoms with Crippen molar-refractivity contribution in [1.29, 1.82) is 10.5 Å². The lowest BCUT2D eigenvalue weighted by Crippen LogP contribution is -2.36. The fourth-order valence-corrected chi connectivity index (χ4v) is 4.62. The standard InChI is InChI=1S/C26H22N8OS/c27-15-23-24(16-28)34(18-30-23)17-19-1-7-22(8-2-19)36-25-9-10-29-26(32-25)31-20-3-5-21(6-4-20)33-11-13-35-14-12-33/h1-10,18H,11-14,17H2,(H,29,31,32). The second-order valence-electron chi connectivity index (χ2n) is 8.03. The number of rotatable bonds is 7. The van der Waals surface area contributed by atoms with Crippen molar-refractivity contribution < 1.29 is 4.74 Å². The number of aromatic nitrogens is 4. The molecular weight excluding hydrogens is 472 g/mol. The Kier molecular flexibility index (Phi) is 7.08. The molecule has 0 bridgehead atoms. The molecule has 0 amide bonds. The zero-order valence-electron chi connectivity index (χ0n) is 19.3. The summed E-state index contributed by atoms with van der Waals surface area (Å²) in [6.07, 6.45) is 3.26. The summed E-state index contributed by atoms with van der Waals surface area (Å²) in [5.41, 5.74) is 3.52. The van der Waals surface area contributed by atoms with Crippen molar-refractivity contribution in [2.24, 2.45) is 0 Å². The van der Waals surface area contributed by atoms with Gasteiger partial charge in [-0.3, -0.25) is 0 Å². The molecule has 2 aromatic carbocycles. The first-order valence-electron chi connectivity index (χ1n) is 11.4. The Balaban J connectivity index is 1.21. The minimum atomic E-state index is 0.144. The van der Waals surface area contributed by atoms with E-state index in [-0.39, 0.29) is 11.4 Å². The minimum Gasteiger partial charge on any atom is -0.378 e. The zero-order chi connectivity index (χ0) is 24.7. The molecule has 1 aliphatic rings. The maximum absolute atomic E-state index is 9.30. The number of morpholine rings is 1. The van der Waals surface area contributed by atoms with Gasteiger partial charge in [0.2, 0.25) is 5.95 Å².